The zero-order valence-electron chi connectivity index (χ0n) is 21.7. The van der Waals surface area contributed by atoms with Crippen LogP contribution < -0.4 is 10.7 Å². The van der Waals surface area contributed by atoms with Crippen molar-refractivity contribution < 1.29 is 9.59 Å². The Balaban J connectivity index is 1.06. The molecule has 1 aliphatic carbocycles. The topological polar surface area (TPSA) is 92.8 Å². The van der Waals surface area contributed by atoms with E-state index < -0.39 is 0 Å². The van der Waals surface area contributed by atoms with Gasteiger partial charge in [-0.2, -0.15) is 5.10 Å². The molecule has 2 aromatic carbocycles. The number of para-hydroxylation sites is 1. The highest BCUT2D eigenvalue weighted by atomic mass is 16.2. The number of benzene rings is 2. The van der Waals surface area contributed by atoms with E-state index in [9.17, 15) is 9.59 Å². The van der Waals surface area contributed by atoms with Gasteiger partial charge in [-0.25, -0.2) is 0 Å². The van der Waals surface area contributed by atoms with E-state index >= 15 is 0 Å². The van der Waals surface area contributed by atoms with Crippen LogP contribution in [0, 0.1) is 5.92 Å². The first kappa shape index (κ1) is 24.5. The fourth-order valence-electron chi connectivity index (χ4n) is 6.35. The van der Waals surface area contributed by atoms with Crippen LogP contribution in [-0.4, -0.2) is 57.9 Å². The Bertz CT molecular complexity index is 1320. The number of aromatic amines is 1. The minimum absolute atomic E-state index is 0.00544. The van der Waals surface area contributed by atoms with E-state index in [1.165, 1.54) is 16.5 Å². The number of amides is 2. The van der Waals surface area contributed by atoms with Crippen molar-refractivity contribution in [2.24, 2.45) is 11.0 Å². The van der Waals surface area contributed by atoms with E-state index in [1.807, 2.05) is 41.4 Å². The number of H-pyrrole nitrogens is 1. The summed E-state index contributed by atoms with van der Waals surface area (Å²) in [6.45, 7) is 1.25. The van der Waals surface area contributed by atoms with Crippen LogP contribution in [0.1, 0.15) is 49.7 Å². The van der Waals surface area contributed by atoms with Gasteiger partial charge in [-0.05, 0) is 42.9 Å². The Morgan fingerprint density at radius 2 is 1.82 bits per heavy atom. The SMILES string of the molecule is O=C(CCC1=NNC2N(CCc3ccccc3)C(=O)C3CCCCC3N12)NCCc1c[nH]c2ccccc12. The maximum absolute atomic E-state index is 13.5. The van der Waals surface area contributed by atoms with Gasteiger partial charge in [0.15, 0.2) is 6.29 Å². The van der Waals surface area contributed by atoms with Crippen LogP contribution in [0.3, 0.4) is 0 Å². The predicted octanol–water partition coefficient (Wildman–Crippen LogP) is 3.75. The molecule has 3 aromatic rings. The fourth-order valence-corrected chi connectivity index (χ4v) is 6.35. The number of carbonyl (C=O) groups excluding carboxylic acids is 2. The van der Waals surface area contributed by atoms with E-state index in [1.54, 1.807) is 0 Å². The number of hydrazone groups is 1. The smallest absolute Gasteiger partial charge is 0.230 e. The Morgan fingerprint density at radius 1 is 1.00 bits per heavy atom. The Kier molecular flexibility index (Phi) is 7.03. The lowest BCUT2D eigenvalue weighted by molar-refractivity contribution is -0.155. The first-order chi connectivity index (χ1) is 18.7. The number of hydrogen-bond acceptors (Lipinski definition) is 5. The van der Waals surface area contributed by atoms with Crippen LogP contribution in [-0.2, 0) is 22.4 Å². The van der Waals surface area contributed by atoms with E-state index in [0.717, 1.165) is 49.9 Å². The molecule has 38 heavy (non-hydrogen) atoms. The standard InChI is InChI=1S/C30H36N6O2/c37-28(31-18-16-22-20-32-25-12-6-4-10-23(22)25)15-14-27-33-34-30-35(19-17-21-8-2-1-3-9-21)29(38)24-11-5-7-13-26(24)36(27)30/h1-4,6,8-10,12,20,24,26,30,32,34H,5,7,11,13-19H2,(H,31,37). The van der Waals surface area contributed by atoms with Crippen molar-refractivity contribution >= 4 is 28.6 Å². The second-order valence-corrected chi connectivity index (χ2v) is 10.6. The number of nitrogens with one attached hydrogen (secondary N) is 3. The van der Waals surface area contributed by atoms with Crippen molar-refractivity contribution in [3.63, 3.8) is 0 Å². The summed E-state index contributed by atoms with van der Waals surface area (Å²) in [4.78, 5) is 33.8. The Hall–Kier alpha value is -3.81. The van der Waals surface area contributed by atoms with Crippen LogP contribution in [0.2, 0.25) is 0 Å². The maximum atomic E-state index is 13.5. The van der Waals surface area contributed by atoms with Crippen molar-refractivity contribution in [2.75, 3.05) is 13.1 Å². The molecule has 2 fully saturated rings. The molecular formula is C30H36N6O2. The van der Waals surface area contributed by atoms with E-state index in [2.05, 4.69) is 50.0 Å². The number of fused-ring (bicyclic) bond motifs is 4. The monoisotopic (exact) mass is 512 g/mol. The number of rotatable bonds is 9. The normalized spacial score (nSPS) is 22.6. The number of amidine groups is 1. The van der Waals surface area contributed by atoms with Gasteiger partial charge < -0.3 is 20.1 Å². The summed E-state index contributed by atoms with van der Waals surface area (Å²) in [5.74, 6) is 1.18. The maximum Gasteiger partial charge on any atom is 0.230 e. The van der Waals surface area contributed by atoms with Gasteiger partial charge in [0.25, 0.3) is 0 Å². The molecule has 3 atom stereocenters. The summed E-state index contributed by atoms with van der Waals surface area (Å²) >= 11 is 0. The van der Waals surface area contributed by atoms with Gasteiger partial charge in [-0.3, -0.25) is 15.0 Å². The summed E-state index contributed by atoms with van der Waals surface area (Å²) in [5.41, 5.74) is 6.80. The molecule has 0 radical (unpaired) electrons. The summed E-state index contributed by atoms with van der Waals surface area (Å²) in [7, 11) is 0. The highest BCUT2D eigenvalue weighted by Gasteiger charge is 2.50. The summed E-state index contributed by atoms with van der Waals surface area (Å²) < 4.78 is 0. The summed E-state index contributed by atoms with van der Waals surface area (Å²) in [6, 6.07) is 18.7. The lowest BCUT2D eigenvalue weighted by Gasteiger charge is -2.50. The predicted molar refractivity (Wildman–Crippen MR) is 148 cm³/mol. The number of hydrogen-bond donors (Lipinski definition) is 3. The molecule has 8 heteroatoms. The average Bonchev–Trinajstić information content (AvgIpc) is 3.57. The lowest BCUT2D eigenvalue weighted by Crippen LogP contribution is -2.67. The molecule has 0 bridgehead atoms. The minimum atomic E-state index is -0.259. The average molecular weight is 513 g/mol. The molecule has 3 N–H and O–H groups in total. The summed E-state index contributed by atoms with van der Waals surface area (Å²) in [5, 5.41) is 8.94. The van der Waals surface area contributed by atoms with E-state index in [0.29, 0.717) is 25.9 Å². The third-order valence-electron chi connectivity index (χ3n) is 8.30. The third-order valence-corrected chi connectivity index (χ3v) is 8.30. The van der Waals surface area contributed by atoms with Crippen LogP contribution >= 0.6 is 0 Å². The Labute approximate surface area is 223 Å². The van der Waals surface area contributed by atoms with Gasteiger partial charge in [0.1, 0.15) is 5.84 Å². The fraction of sp³-hybridized carbons (Fsp3) is 0.433. The number of nitrogens with zero attached hydrogens (tertiary/aromatic N) is 3. The highest BCUT2D eigenvalue weighted by molar-refractivity contribution is 5.91. The first-order valence-electron chi connectivity index (χ1n) is 14.0. The van der Waals surface area contributed by atoms with Gasteiger partial charge in [0.05, 0.1) is 5.92 Å². The van der Waals surface area contributed by atoms with Crippen LogP contribution in [0.15, 0.2) is 65.9 Å². The van der Waals surface area contributed by atoms with Crippen LogP contribution in [0.5, 0.6) is 0 Å². The van der Waals surface area contributed by atoms with E-state index in [-0.39, 0.29) is 30.1 Å². The van der Waals surface area contributed by atoms with Crippen LogP contribution in [0.25, 0.3) is 10.9 Å². The second kappa shape index (κ2) is 10.9. The number of carbonyl (C=O) groups is 2. The van der Waals surface area contributed by atoms with Crippen molar-refractivity contribution in [3.8, 4) is 0 Å². The summed E-state index contributed by atoms with van der Waals surface area (Å²) in [6.07, 6.45) is 8.45. The highest BCUT2D eigenvalue weighted by Crippen LogP contribution is 2.37. The van der Waals surface area contributed by atoms with Gasteiger partial charge in [0, 0.05) is 49.1 Å². The number of aromatic nitrogens is 1. The molecule has 3 unspecified atom stereocenters. The zero-order chi connectivity index (χ0) is 25.9. The van der Waals surface area contributed by atoms with Gasteiger partial charge in [-0.15, -0.1) is 0 Å². The lowest BCUT2D eigenvalue weighted by atomic mass is 9.80. The van der Waals surface area contributed by atoms with Crippen molar-refractivity contribution in [1.82, 2.24) is 25.5 Å². The van der Waals surface area contributed by atoms with Crippen molar-refractivity contribution in [2.45, 2.75) is 63.7 Å². The van der Waals surface area contributed by atoms with Gasteiger partial charge >= 0.3 is 0 Å². The minimum Gasteiger partial charge on any atom is -0.361 e. The molecule has 6 rings (SSSR count). The zero-order valence-corrected chi connectivity index (χ0v) is 21.7. The molecule has 1 aromatic heterocycles. The van der Waals surface area contributed by atoms with E-state index in [4.69, 9.17) is 0 Å². The quantitative estimate of drug-likeness (QED) is 0.407. The molecule has 3 aliphatic rings. The second-order valence-electron chi connectivity index (χ2n) is 10.6. The van der Waals surface area contributed by atoms with Gasteiger partial charge in [0.2, 0.25) is 11.8 Å². The molecule has 3 heterocycles. The third kappa shape index (κ3) is 4.87. The molecule has 2 aliphatic heterocycles. The van der Waals surface area contributed by atoms with Crippen LogP contribution in [0.4, 0.5) is 0 Å². The molecule has 0 spiro atoms. The molecule has 1 saturated carbocycles. The first-order valence-corrected chi connectivity index (χ1v) is 14.0. The Morgan fingerprint density at radius 3 is 2.71 bits per heavy atom. The molecule has 2 amide bonds. The van der Waals surface area contributed by atoms with Gasteiger partial charge in [-0.1, -0.05) is 61.4 Å². The van der Waals surface area contributed by atoms with Crippen molar-refractivity contribution in [3.05, 3.63) is 71.9 Å². The molecule has 198 valence electrons. The van der Waals surface area contributed by atoms with Crippen molar-refractivity contribution in [1.29, 1.82) is 0 Å². The molecular weight excluding hydrogens is 476 g/mol. The largest absolute Gasteiger partial charge is 0.361 e. The molecule has 8 nitrogen and oxygen atoms in total. The molecule has 1 saturated heterocycles.